The first-order valence-corrected chi connectivity index (χ1v) is 8.54. The van der Waals surface area contributed by atoms with Crippen LogP contribution in [0.15, 0.2) is 37.7 Å². The van der Waals surface area contributed by atoms with E-state index in [9.17, 15) is 4.79 Å². The van der Waals surface area contributed by atoms with Gasteiger partial charge in [0, 0.05) is 9.50 Å². The number of ether oxygens (including phenoxy) is 1. The molecule has 0 amide bonds. The topological polar surface area (TPSA) is 73.9 Å². The third-order valence-corrected chi connectivity index (χ3v) is 5.98. The molecule has 0 saturated heterocycles. The molecule has 0 aliphatic rings. The Morgan fingerprint density at radius 2 is 2.09 bits per heavy atom. The minimum Gasteiger partial charge on any atom is -0.496 e. The van der Waals surface area contributed by atoms with Gasteiger partial charge in [-0.1, -0.05) is 16.8 Å². The summed E-state index contributed by atoms with van der Waals surface area (Å²) in [5, 5.41) is 4.11. The van der Waals surface area contributed by atoms with Crippen molar-refractivity contribution >= 4 is 66.6 Å². The van der Waals surface area contributed by atoms with Crippen LogP contribution in [0.5, 0.6) is 5.75 Å². The van der Waals surface area contributed by atoms with Crippen molar-refractivity contribution in [1.29, 1.82) is 0 Å². The predicted octanol–water partition coefficient (Wildman–Crippen LogP) is 4.41. The predicted molar refractivity (Wildman–Crippen MR) is 93.9 cm³/mol. The first-order valence-electron chi connectivity index (χ1n) is 5.76. The lowest BCUT2D eigenvalue weighted by molar-refractivity contribution is 0.0521. The molecule has 0 radical (unpaired) electrons. The molecule has 0 aliphatic heterocycles. The van der Waals surface area contributed by atoms with Crippen molar-refractivity contribution in [2.75, 3.05) is 7.11 Å². The Morgan fingerprint density at radius 1 is 1.36 bits per heavy atom. The van der Waals surface area contributed by atoms with E-state index in [4.69, 9.17) is 26.9 Å². The largest absolute Gasteiger partial charge is 0.496 e. The average molecular weight is 469 g/mol. The molecule has 2 N–H and O–H groups in total. The normalized spacial score (nSPS) is 11.4. The van der Waals surface area contributed by atoms with Gasteiger partial charge in [0.2, 0.25) is 0 Å². The van der Waals surface area contributed by atoms with Crippen LogP contribution in [0, 0.1) is 0 Å². The van der Waals surface area contributed by atoms with E-state index in [-0.39, 0.29) is 5.84 Å². The van der Waals surface area contributed by atoms with Crippen LogP contribution in [0.4, 0.5) is 0 Å². The highest BCUT2D eigenvalue weighted by atomic mass is 79.9. The Kier molecular flexibility index (Phi) is 5.85. The van der Waals surface area contributed by atoms with E-state index in [1.165, 1.54) is 18.4 Å². The quantitative estimate of drug-likeness (QED) is 0.312. The zero-order valence-corrected chi connectivity index (χ0v) is 15.8. The van der Waals surface area contributed by atoms with Gasteiger partial charge in [0.25, 0.3) is 0 Å². The highest BCUT2D eigenvalue weighted by Crippen LogP contribution is 2.32. The molecule has 5 nitrogen and oxygen atoms in total. The summed E-state index contributed by atoms with van der Waals surface area (Å²) >= 11 is 13.7. The van der Waals surface area contributed by atoms with Crippen LogP contribution in [0.1, 0.15) is 15.2 Å². The summed E-state index contributed by atoms with van der Waals surface area (Å²) in [5.41, 5.74) is 6.26. The maximum Gasteiger partial charge on any atom is 0.375 e. The summed E-state index contributed by atoms with van der Waals surface area (Å²) in [6, 6.07) is 6.51. The molecule has 0 fully saturated rings. The third-order valence-electron chi connectivity index (χ3n) is 2.51. The second kappa shape index (κ2) is 7.45. The van der Waals surface area contributed by atoms with Gasteiger partial charge in [0.1, 0.15) is 10.6 Å². The van der Waals surface area contributed by atoms with Crippen molar-refractivity contribution in [2.24, 2.45) is 10.9 Å². The van der Waals surface area contributed by atoms with Crippen molar-refractivity contribution in [1.82, 2.24) is 0 Å². The molecule has 2 rings (SSSR count). The van der Waals surface area contributed by atoms with Gasteiger partial charge in [-0.25, -0.2) is 4.79 Å². The number of hydrogen-bond acceptors (Lipinski definition) is 5. The molecular formula is C13H9Br2ClN2O3S. The monoisotopic (exact) mass is 466 g/mol. The Bertz CT molecular complexity index is 729. The number of thiophene rings is 1. The van der Waals surface area contributed by atoms with E-state index in [1.54, 1.807) is 24.3 Å². The maximum absolute atomic E-state index is 11.9. The lowest BCUT2D eigenvalue weighted by Crippen LogP contribution is -2.16. The number of hydrogen-bond donors (Lipinski definition) is 1. The number of amidine groups is 1. The number of nitrogens with two attached hydrogens (primary N) is 1. The van der Waals surface area contributed by atoms with Crippen LogP contribution in [-0.4, -0.2) is 18.9 Å². The van der Waals surface area contributed by atoms with Gasteiger partial charge in [0.05, 0.1) is 16.5 Å². The van der Waals surface area contributed by atoms with Crippen molar-refractivity contribution < 1.29 is 14.4 Å². The highest BCUT2D eigenvalue weighted by molar-refractivity contribution is 9.13. The lowest BCUT2D eigenvalue weighted by atomic mass is 10.2. The van der Waals surface area contributed by atoms with E-state index < -0.39 is 5.97 Å². The molecule has 1 heterocycles. The van der Waals surface area contributed by atoms with Crippen LogP contribution >= 0.6 is 54.8 Å². The van der Waals surface area contributed by atoms with Crippen LogP contribution in [0.3, 0.4) is 0 Å². The summed E-state index contributed by atoms with van der Waals surface area (Å²) in [4.78, 5) is 17.1. The van der Waals surface area contributed by atoms with Crippen molar-refractivity contribution in [3.8, 4) is 5.75 Å². The van der Waals surface area contributed by atoms with Crippen LogP contribution in [-0.2, 0) is 4.84 Å². The van der Waals surface area contributed by atoms with Crippen molar-refractivity contribution in [3.05, 3.63) is 48.0 Å². The number of carbonyl (C=O) groups is 1. The molecular weight excluding hydrogens is 459 g/mol. The van der Waals surface area contributed by atoms with Gasteiger partial charge in [-0.3, -0.25) is 0 Å². The van der Waals surface area contributed by atoms with Gasteiger partial charge in [0.15, 0.2) is 5.84 Å². The molecule has 1 aromatic carbocycles. The minimum atomic E-state index is -0.611. The fraction of sp³-hybridized carbons (Fsp3) is 0.0769. The highest BCUT2D eigenvalue weighted by Gasteiger charge is 2.15. The Hall–Kier alpha value is -1.09. The standard InChI is InChI=1S/C13H9Br2ClN2O3S/c1-20-9-3-2-6(16)4-7(9)12(17)18-21-13(19)10-5-8(14)11(15)22-10/h2-5H,1H3,(H2,17,18). The SMILES string of the molecule is COc1ccc(Cl)cc1/C(N)=N/OC(=O)c1cc(Br)c(Br)s1. The van der Waals surface area contributed by atoms with Crippen LogP contribution in [0.2, 0.25) is 5.02 Å². The van der Waals surface area contributed by atoms with Gasteiger partial charge >= 0.3 is 5.97 Å². The molecule has 0 unspecified atom stereocenters. The Balaban J connectivity index is 2.19. The molecule has 0 bridgehead atoms. The van der Waals surface area contributed by atoms with E-state index in [0.717, 1.165) is 8.26 Å². The summed E-state index contributed by atoms with van der Waals surface area (Å²) in [6.07, 6.45) is 0. The zero-order chi connectivity index (χ0) is 16.3. The Morgan fingerprint density at radius 3 is 2.68 bits per heavy atom. The number of rotatable bonds is 4. The van der Waals surface area contributed by atoms with E-state index in [2.05, 4.69) is 37.0 Å². The Labute approximate surface area is 152 Å². The first-order chi connectivity index (χ1) is 10.4. The molecule has 0 atom stereocenters. The minimum absolute atomic E-state index is 0.0117. The number of methoxy groups -OCH3 is 1. The number of oxime groups is 1. The maximum atomic E-state index is 11.9. The summed E-state index contributed by atoms with van der Waals surface area (Å²) < 4.78 is 6.71. The van der Waals surface area contributed by atoms with Crippen molar-refractivity contribution in [3.63, 3.8) is 0 Å². The average Bonchev–Trinajstić information content (AvgIpc) is 2.84. The number of benzene rings is 1. The molecule has 116 valence electrons. The zero-order valence-electron chi connectivity index (χ0n) is 11.1. The summed E-state index contributed by atoms with van der Waals surface area (Å²) in [7, 11) is 1.49. The summed E-state index contributed by atoms with van der Waals surface area (Å²) in [5.74, 6) is -0.147. The van der Waals surface area contributed by atoms with Crippen LogP contribution < -0.4 is 10.5 Å². The fourth-order valence-corrected chi connectivity index (χ4v) is 3.59. The number of nitrogens with zero attached hydrogens (tertiary/aromatic N) is 1. The first kappa shape index (κ1) is 17.3. The molecule has 0 aliphatic carbocycles. The number of carbonyl (C=O) groups excluding carboxylic acids is 1. The molecule has 1 aromatic heterocycles. The molecule has 0 spiro atoms. The van der Waals surface area contributed by atoms with Gasteiger partial charge in [-0.2, -0.15) is 0 Å². The smallest absolute Gasteiger partial charge is 0.375 e. The fourth-order valence-electron chi connectivity index (χ4n) is 1.51. The molecule has 9 heteroatoms. The van der Waals surface area contributed by atoms with Crippen LogP contribution in [0.25, 0.3) is 0 Å². The van der Waals surface area contributed by atoms with E-state index in [1.807, 2.05) is 0 Å². The van der Waals surface area contributed by atoms with E-state index >= 15 is 0 Å². The van der Waals surface area contributed by atoms with E-state index in [0.29, 0.717) is 21.2 Å². The third kappa shape index (κ3) is 4.01. The number of halogens is 3. The second-order valence-electron chi connectivity index (χ2n) is 3.93. The molecule has 2 aromatic rings. The van der Waals surface area contributed by atoms with Gasteiger partial charge in [-0.05, 0) is 56.1 Å². The molecule has 0 saturated carbocycles. The second-order valence-corrected chi connectivity index (χ2v) is 7.59. The van der Waals surface area contributed by atoms with Crippen molar-refractivity contribution in [2.45, 2.75) is 0 Å². The lowest BCUT2D eigenvalue weighted by Gasteiger charge is -2.07. The summed E-state index contributed by atoms with van der Waals surface area (Å²) in [6.45, 7) is 0. The van der Waals surface area contributed by atoms with Gasteiger partial charge < -0.3 is 15.3 Å². The van der Waals surface area contributed by atoms with Gasteiger partial charge in [-0.15, -0.1) is 11.3 Å². The molecule has 22 heavy (non-hydrogen) atoms.